The second-order valence-corrected chi connectivity index (χ2v) is 5.53. The van der Waals surface area contributed by atoms with E-state index in [4.69, 9.17) is 4.84 Å². The first-order valence-electron chi connectivity index (χ1n) is 5.21. The Hall–Kier alpha value is -1.44. The Kier molecular flexibility index (Phi) is 5.26. The summed E-state index contributed by atoms with van der Waals surface area (Å²) in [6.07, 6.45) is 0. The Bertz CT molecular complexity index is 485. The van der Waals surface area contributed by atoms with E-state index in [0.717, 1.165) is 12.7 Å². The monoisotopic (exact) mass is 273 g/mol. The lowest BCUT2D eigenvalue weighted by molar-refractivity contribution is -0.139. The van der Waals surface area contributed by atoms with Gasteiger partial charge in [-0.2, -0.15) is 0 Å². The lowest BCUT2D eigenvalue weighted by atomic mass is 10.2. The van der Waals surface area contributed by atoms with Crippen LogP contribution in [0.15, 0.2) is 30.3 Å². The number of hydrogen-bond acceptors (Lipinski definition) is 5. The summed E-state index contributed by atoms with van der Waals surface area (Å²) in [4.78, 5) is 17.8. The summed E-state index contributed by atoms with van der Waals surface area (Å²) in [5.74, 6) is -0.842. The van der Waals surface area contributed by atoms with E-state index in [1.54, 1.807) is 12.1 Å². The molecule has 0 aliphatic carbocycles. The zero-order valence-corrected chi connectivity index (χ0v) is 10.9. The zero-order chi connectivity index (χ0) is 13.6. The zero-order valence-electron chi connectivity index (χ0n) is 10.1. The Morgan fingerprint density at radius 3 is 2.50 bits per heavy atom. The number of methoxy groups -OCH3 is 1. The lowest BCUT2D eigenvalue weighted by Crippen LogP contribution is -2.38. The first-order chi connectivity index (χ1) is 8.47. The molecule has 0 aliphatic heterocycles. The van der Waals surface area contributed by atoms with Crippen molar-refractivity contribution in [3.05, 3.63) is 35.9 Å². The van der Waals surface area contributed by atoms with Crippen molar-refractivity contribution in [1.82, 2.24) is 4.89 Å². The molecule has 1 aromatic carbocycles. The number of hydrogen-bond donors (Lipinski definition) is 1. The van der Waals surface area contributed by atoms with Crippen LogP contribution in [0.1, 0.15) is 12.5 Å². The Morgan fingerprint density at radius 2 is 1.94 bits per heavy atom. The molecule has 0 radical (unpaired) electrons. The second kappa shape index (κ2) is 6.48. The standard InChI is InChI=1S/C11H15NO5S/c1-9(11(13)16-2)18(14,15)12-17-8-10-6-4-3-5-7-10/h3-7,9,12H,8H2,1-2H3. The predicted molar refractivity (Wildman–Crippen MR) is 64.8 cm³/mol. The van der Waals surface area contributed by atoms with Gasteiger partial charge in [-0.1, -0.05) is 35.2 Å². The molecule has 18 heavy (non-hydrogen) atoms. The van der Waals surface area contributed by atoms with Crippen LogP contribution in [0.25, 0.3) is 0 Å². The third-order valence-corrected chi connectivity index (χ3v) is 3.73. The highest BCUT2D eigenvalue weighted by Crippen LogP contribution is 2.03. The number of carbonyl (C=O) groups excluding carboxylic acids is 1. The van der Waals surface area contributed by atoms with Crippen molar-refractivity contribution in [3.8, 4) is 0 Å². The summed E-state index contributed by atoms with van der Waals surface area (Å²) < 4.78 is 27.5. The van der Waals surface area contributed by atoms with Crippen molar-refractivity contribution in [2.75, 3.05) is 7.11 Å². The van der Waals surface area contributed by atoms with Gasteiger partial charge < -0.3 is 4.74 Å². The Morgan fingerprint density at radius 1 is 1.33 bits per heavy atom. The normalized spacial score (nSPS) is 13.0. The molecule has 100 valence electrons. The molecular weight excluding hydrogens is 258 g/mol. The van der Waals surface area contributed by atoms with E-state index in [1.807, 2.05) is 23.1 Å². The van der Waals surface area contributed by atoms with Crippen LogP contribution in [0.3, 0.4) is 0 Å². The van der Waals surface area contributed by atoms with Gasteiger partial charge in [0.1, 0.15) is 0 Å². The Labute approximate surface area is 106 Å². The molecule has 0 bridgehead atoms. The maximum absolute atomic E-state index is 11.6. The minimum atomic E-state index is -3.89. The van der Waals surface area contributed by atoms with Crippen LogP contribution in [0.4, 0.5) is 0 Å². The van der Waals surface area contributed by atoms with E-state index in [-0.39, 0.29) is 6.61 Å². The minimum absolute atomic E-state index is 0.0773. The molecule has 0 aliphatic rings. The van der Waals surface area contributed by atoms with Crippen LogP contribution in [0.2, 0.25) is 0 Å². The molecule has 0 heterocycles. The molecule has 1 unspecified atom stereocenters. The van der Waals surface area contributed by atoms with E-state index in [2.05, 4.69) is 4.74 Å². The number of nitrogens with one attached hydrogen (secondary N) is 1. The molecule has 1 rings (SSSR count). The first kappa shape index (κ1) is 14.6. The highest BCUT2D eigenvalue weighted by Gasteiger charge is 2.28. The van der Waals surface area contributed by atoms with Crippen LogP contribution in [-0.4, -0.2) is 26.7 Å². The van der Waals surface area contributed by atoms with Gasteiger partial charge in [0.15, 0.2) is 5.25 Å². The molecule has 0 fully saturated rings. The molecular formula is C11H15NO5S. The molecule has 0 amide bonds. The molecule has 0 aromatic heterocycles. The van der Waals surface area contributed by atoms with Crippen molar-refractivity contribution < 1.29 is 22.8 Å². The SMILES string of the molecule is COC(=O)C(C)S(=O)(=O)NOCc1ccccc1. The van der Waals surface area contributed by atoms with Crippen LogP contribution in [-0.2, 0) is 31.0 Å². The van der Waals surface area contributed by atoms with Gasteiger partial charge in [-0.15, -0.1) is 0 Å². The molecule has 1 N–H and O–H groups in total. The van der Waals surface area contributed by atoms with Gasteiger partial charge in [-0.25, -0.2) is 8.42 Å². The molecule has 1 atom stereocenters. The average molecular weight is 273 g/mol. The Balaban J connectivity index is 2.50. The summed E-state index contributed by atoms with van der Waals surface area (Å²) in [5, 5.41) is -1.32. The maximum Gasteiger partial charge on any atom is 0.325 e. The number of sulfonamides is 1. The largest absolute Gasteiger partial charge is 0.468 e. The van der Waals surface area contributed by atoms with Gasteiger partial charge >= 0.3 is 5.97 Å². The van der Waals surface area contributed by atoms with Gasteiger partial charge in [0.2, 0.25) is 10.0 Å². The number of carbonyl (C=O) groups is 1. The molecule has 1 aromatic rings. The topological polar surface area (TPSA) is 81.7 Å². The molecule has 0 spiro atoms. The predicted octanol–water partition coefficient (Wildman–Crippen LogP) is 0.599. The molecule has 6 nitrogen and oxygen atoms in total. The summed E-state index contributed by atoms with van der Waals surface area (Å²) in [6.45, 7) is 1.30. The van der Waals surface area contributed by atoms with E-state index in [9.17, 15) is 13.2 Å². The lowest BCUT2D eigenvalue weighted by Gasteiger charge is -2.11. The third kappa shape index (κ3) is 4.10. The fraction of sp³-hybridized carbons (Fsp3) is 0.364. The minimum Gasteiger partial charge on any atom is -0.468 e. The second-order valence-electron chi connectivity index (χ2n) is 3.57. The van der Waals surface area contributed by atoms with Crippen molar-refractivity contribution >= 4 is 16.0 Å². The van der Waals surface area contributed by atoms with Crippen molar-refractivity contribution in [2.24, 2.45) is 0 Å². The summed E-state index contributed by atoms with van der Waals surface area (Å²) >= 11 is 0. The average Bonchev–Trinajstić information content (AvgIpc) is 2.38. The molecule has 0 saturated carbocycles. The first-order valence-corrected chi connectivity index (χ1v) is 6.76. The van der Waals surface area contributed by atoms with Gasteiger partial charge in [-0.05, 0) is 12.5 Å². The van der Waals surface area contributed by atoms with E-state index < -0.39 is 21.2 Å². The fourth-order valence-corrected chi connectivity index (χ4v) is 1.85. The van der Waals surface area contributed by atoms with Crippen LogP contribution >= 0.6 is 0 Å². The number of rotatable bonds is 6. The summed E-state index contributed by atoms with van der Waals surface area (Å²) in [7, 11) is -2.76. The van der Waals surface area contributed by atoms with Gasteiger partial charge in [-0.3, -0.25) is 9.63 Å². The molecule has 0 saturated heterocycles. The quantitative estimate of drug-likeness (QED) is 0.606. The highest BCUT2D eigenvalue weighted by molar-refractivity contribution is 7.90. The van der Waals surface area contributed by atoms with Gasteiger partial charge in [0.05, 0.1) is 13.7 Å². The summed E-state index contributed by atoms with van der Waals surface area (Å²) in [6, 6.07) is 9.04. The summed E-state index contributed by atoms with van der Waals surface area (Å²) in [5.41, 5.74) is 0.811. The molecule has 7 heteroatoms. The number of benzene rings is 1. The van der Waals surface area contributed by atoms with Crippen molar-refractivity contribution in [1.29, 1.82) is 0 Å². The van der Waals surface area contributed by atoms with Crippen LogP contribution in [0.5, 0.6) is 0 Å². The third-order valence-electron chi connectivity index (χ3n) is 2.26. The van der Waals surface area contributed by atoms with E-state index >= 15 is 0 Å². The van der Waals surface area contributed by atoms with Crippen molar-refractivity contribution in [3.63, 3.8) is 0 Å². The van der Waals surface area contributed by atoms with Crippen molar-refractivity contribution in [2.45, 2.75) is 18.8 Å². The maximum atomic E-state index is 11.6. The highest BCUT2D eigenvalue weighted by atomic mass is 32.2. The van der Waals surface area contributed by atoms with Crippen LogP contribution in [0, 0.1) is 0 Å². The van der Waals surface area contributed by atoms with Gasteiger partial charge in [0.25, 0.3) is 0 Å². The number of ether oxygens (including phenoxy) is 1. The number of esters is 1. The smallest absolute Gasteiger partial charge is 0.325 e. The van der Waals surface area contributed by atoms with Crippen LogP contribution < -0.4 is 4.89 Å². The fourth-order valence-electron chi connectivity index (χ4n) is 1.13. The van der Waals surface area contributed by atoms with E-state index in [1.165, 1.54) is 6.92 Å². The van der Waals surface area contributed by atoms with Gasteiger partial charge in [0, 0.05) is 0 Å². The van der Waals surface area contributed by atoms with E-state index in [0.29, 0.717) is 0 Å².